The van der Waals surface area contributed by atoms with Gasteiger partial charge in [-0.1, -0.05) is 138 Å². The number of nitrogens with one attached hydrogen (secondary N) is 1. The van der Waals surface area contributed by atoms with Crippen LogP contribution in [0.2, 0.25) is 0 Å². The summed E-state index contributed by atoms with van der Waals surface area (Å²) in [6.45, 7) is 4.03. The van der Waals surface area contributed by atoms with Gasteiger partial charge in [-0.25, -0.2) is 0 Å². The second-order valence-corrected chi connectivity index (χ2v) is 11.6. The standard InChI is InChI=1S/C38H67NO3/c1-3-5-7-9-11-13-14-15-16-17-18-19-20-21-22-23-24-26-28-30-32-34-38(42)39-36(35-40)37(41)33-31-29-27-25-12-10-8-6-4-2/h4,6,12,14-15,17-18,25,31,33,36-37,40-41H,3,5,7-11,13,16,19-24,26-30,32,34-35H2,1-2H3,(H,39,42)/b6-4+,15-14-,18-17-,25-12+,33-31+. The summed E-state index contributed by atoms with van der Waals surface area (Å²) in [5, 5.41) is 22.7. The maximum Gasteiger partial charge on any atom is 0.220 e. The van der Waals surface area contributed by atoms with Crippen molar-refractivity contribution in [2.75, 3.05) is 6.61 Å². The third-order valence-corrected chi connectivity index (χ3v) is 7.55. The largest absolute Gasteiger partial charge is 0.394 e. The normalized spacial score (nSPS) is 13.9. The molecule has 0 aromatic carbocycles. The second-order valence-electron chi connectivity index (χ2n) is 11.6. The summed E-state index contributed by atoms with van der Waals surface area (Å²) in [6.07, 6.45) is 46.1. The van der Waals surface area contributed by atoms with E-state index in [1.807, 2.05) is 13.0 Å². The molecule has 0 aliphatic carbocycles. The Labute approximate surface area is 260 Å². The number of allylic oxidation sites excluding steroid dienone is 9. The van der Waals surface area contributed by atoms with Gasteiger partial charge >= 0.3 is 0 Å². The summed E-state index contributed by atoms with van der Waals surface area (Å²) < 4.78 is 0. The summed E-state index contributed by atoms with van der Waals surface area (Å²) in [5.41, 5.74) is 0. The topological polar surface area (TPSA) is 69.6 Å². The van der Waals surface area contributed by atoms with Gasteiger partial charge in [0, 0.05) is 6.42 Å². The fraction of sp³-hybridized carbons (Fsp3) is 0.711. The van der Waals surface area contributed by atoms with E-state index in [-0.39, 0.29) is 12.5 Å². The van der Waals surface area contributed by atoms with E-state index in [9.17, 15) is 15.0 Å². The highest BCUT2D eigenvalue weighted by Gasteiger charge is 2.17. The highest BCUT2D eigenvalue weighted by molar-refractivity contribution is 5.76. The van der Waals surface area contributed by atoms with E-state index in [0.717, 1.165) is 44.9 Å². The van der Waals surface area contributed by atoms with E-state index in [1.54, 1.807) is 6.08 Å². The molecule has 0 saturated heterocycles. The molecule has 3 N–H and O–H groups in total. The lowest BCUT2D eigenvalue weighted by Crippen LogP contribution is -2.45. The predicted octanol–water partition coefficient (Wildman–Crippen LogP) is 10.2. The number of hydrogen-bond donors (Lipinski definition) is 3. The molecule has 0 aliphatic rings. The Balaban J connectivity index is 3.63. The Kier molecular flexibility index (Phi) is 32.1. The molecule has 4 nitrogen and oxygen atoms in total. The third kappa shape index (κ3) is 29.6. The van der Waals surface area contributed by atoms with Crippen LogP contribution in [0.5, 0.6) is 0 Å². The van der Waals surface area contributed by atoms with Crippen LogP contribution in [0.1, 0.15) is 155 Å². The van der Waals surface area contributed by atoms with E-state index >= 15 is 0 Å². The smallest absolute Gasteiger partial charge is 0.220 e. The maximum atomic E-state index is 12.3. The molecule has 2 unspecified atom stereocenters. The zero-order chi connectivity index (χ0) is 30.8. The number of unbranched alkanes of at least 4 members (excludes halogenated alkanes) is 16. The molecule has 0 fully saturated rings. The predicted molar refractivity (Wildman–Crippen MR) is 184 cm³/mol. The highest BCUT2D eigenvalue weighted by Crippen LogP contribution is 2.12. The first-order valence-electron chi connectivity index (χ1n) is 17.5. The van der Waals surface area contributed by atoms with E-state index in [4.69, 9.17) is 0 Å². The molecule has 0 spiro atoms. The zero-order valence-electron chi connectivity index (χ0n) is 27.5. The number of aliphatic hydroxyl groups excluding tert-OH is 2. The molecule has 42 heavy (non-hydrogen) atoms. The molecule has 0 aromatic heterocycles. The Morgan fingerprint density at radius 3 is 1.64 bits per heavy atom. The van der Waals surface area contributed by atoms with Crippen molar-refractivity contribution in [3.63, 3.8) is 0 Å². The van der Waals surface area contributed by atoms with Crippen LogP contribution in [0.4, 0.5) is 0 Å². The van der Waals surface area contributed by atoms with Crippen LogP contribution in [0.15, 0.2) is 60.8 Å². The van der Waals surface area contributed by atoms with Gasteiger partial charge in [0.05, 0.1) is 18.8 Å². The van der Waals surface area contributed by atoms with Crippen LogP contribution in [-0.2, 0) is 4.79 Å². The minimum Gasteiger partial charge on any atom is -0.394 e. The minimum atomic E-state index is -0.870. The minimum absolute atomic E-state index is 0.0894. The van der Waals surface area contributed by atoms with E-state index in [1.165, 1.54) is 89.9 Å². The molecule has 242 valence electrons. The molecule has 4 heteroatoms. The van der Waals surface area contributed by atoms with Gasteiger partial charge in [-0.3, -0.25) is 4.79 Å². The first-order chi connectivity index (χ1) is 20.7. The average molecular weight is 586 g/mol. The zero-order valence-corrected chi connectivity index (χ0v) is 27.5. The molecule has 0 bridgehead atoms. The molecule has 0 heterocycles. The van der Waals surface area contributed by atoms with E-state index in [2.05, 4.69) is 60.8 Å². The van der Waals surface area contributed by atoms with Gasteiger partial charge in [0.1, 0.15) is 0 Å². The Morgan fingerprint density at radius 1 is 0.619 bits per heavy atom. The fourth-order valence-electron chi connectivity index (χ4n) is 4.83. The van der Waals surface area contributed by atoms with Gasteiger partial charge in [-0.15, -0.1) is 0 Å². The summed E-state index contributed by atoms with van der Waals surface area (Å²) in [6, 6.07) is -0.646. The number of aliphatic hydroxyl groups is 2. The Hall–Kier alpha value is -1.91. The van der Waals surface area contributed by atoms with Gasteiger partial charge in [0.15, 0.2) is 0 Å². The van der Waals surface area contributed by atoms with Gasteiger partial charge in [-0.05, 0) is 71.1 Å². The summed E-state index contributed by atoms with van der Waals surface area (Å²) in [4.78, 5) is 12.3. The number of amides is 1. The maximum absolute atomic E-state index is 12.3. The van der Waals surface area contributed by atoms with Crippen molar-refractivity contribution in [3.8, 4) is 0 Å². The van der Waals surface area contributed by atoms with Crippen LogP contribution >= 0.6 is 0 Å². The van der Waals surface area contributed by atoms with Crippen molar-refractivity contribution in [1.29, 1.82) is 0 Å². The van der Waals surface area contributed by atoms with Crippen LogP contribution in [0, 0.1) is 0 Å². The lowest BCUT2D eigenvalue weighted by Gasteiger charge is -2.19. The lowest BCUT2D eigenvalue weighted by atomic mass is 10.1. The van der Waals surface area contributed by atoms with Gasteiger partial charge < -0.3 is 15.5 Å². The molecule has 0 radical (unpaired) electrons. The molecular weight excluding hydrogens is 518 g/mol. The monoisotopic (exact) mass is 586 g/mol. The van der Waals surface area contributed by atoms with Crippen molar-refractivity contribution >= 4 is 5.91 Å². The van der Waals surface area contributed by atoms with E-state index in [0.29, 0.717) is 6.42 Å². The molecule has 1 amide bonds. The molecule has 0 saturated carbocycles. The van der Waals surface area contributed by atoms with Crippen molar-refractivity contribution in [2.45, 2.75) is 167 Å². The van der Waals surface area contributed by atoms with Gasteiger partial charge in [0.2, 0.25) is 5.91 Å². The van der Waals surface area contributed by atoms with Crippen molar-refractivity contribution in [3.05, 3.63) is 60.8 Å². The van der Waals surface area contributed by atoms with Crippen LogP contribution in [0.3, 0.4) is 0 Å². The summed E-state index contributed by atoms with van der Waals surface area (Å²) >= 11 is 0. The van der Waals surface area contributed by atoms with Crippen LogP contribution in [-0.4, -0.2) is 34.9 Å². The SMILES string of the molecule is C/C=C/CC/C=C/CC/C=C/C(O)C(CO)NC(=O)CCCCCCCCCCC/C=C\C/C=C\CCCCCCC. The first kappa shape index (κ1) is 40.1. The van der Waals surface area contributed by atoms with Crippen LogP contribution < -0.4 is 5.32 Å². The number of hydrogen-bond acceptors (Lipinski definition) is 3. The molecular formula is C38H67NO3. The van der Waals surface area contributed by atoms with Gasteiger partial charge in [0.25, 0.3) is 0 Å². The van der Waals surface area contributed by atoms with Crippen molar-refractivity contribution in [2.24, 2.45) is 0 Å². The first-order valence-corrected chi connectivity index (χ1v) is 17.5. The van der Waals surface area contributed by atoms with Crippen molar-refractivity contribution in [1.82, 2.24) is 5.32 Å². The lowest BCUT2D eigenvalue weighted by molar-refractivity contribution is -0.123. The molecule has 0 aromatic rings. The molecule has 0 rings (SSSR count). The fourth-order valence-corrected chi connectivity index (χ4v) is 4.83. The third-order valence-electron chi connectivity index (χ3n) is 7.55. The number of carbonyl (C=O) groups is 1. The summed E-state index contributed by atoms with van der Waals surface area (Å²) in [5.74, 6) is -0.0894. The second kappa shape index (κ2) is 33.6. The molecule has 0 aliphatic heterocycles. The van der Waals surface area contributed by atoms with Crippen molar-refractivity contribution < 1.29 is 15.0 Å². The Bertz CT molecular complexity index is 722. The quantitative estimate of drug-likeness (QED) is 0.0580. The Morgan fingerprint density at radius 2 is 1.10 bits per heavy atom. The van der Waals surface area contributed by atoms with E-state index < -0.39 is 12.1 Å². The van der Waals surface area contributed by atoms with Crippen LogP contribution in [0.25, 0.3) is 0 Å². The number of rotatable bonds is 30. The number of carbonyl (C=O) groups excluding carboxylic acids is 1. The summed E-state index contributed by atoms with van der Waals surface area (Å²) in [7, 11) is 0. The average Bonchev–Trinajstić information content (AvgIpc) is 2.99. The van der Waals surface area contributed by atoms with Gasteiger partial charge in [-0.2, -0.15) is 0 Å². The molecule has 2 atom stereocenters. The highest BCUT2D eigenvalue weighted by atomic mass is 16.3.